The first-order valence-electron chi connectivity index (χ1n) is 8.37. The molecule has 134 valence electrons. The molecular weight excluding hydrogens is 340 g/mol. The van der Waals surface area contributed by atoms with Crippen molar-refractivity contribution in [1.82, 2.24) is 0 Å². The van der Waals surface area contributed by atoms with Gasteiger partial charge < -0.3 is 4.74 Å². The topological polar surface area (TPSA) is 60.4 Å². The highest BCUT2D eigenvalue weighted by molar-refractivity contribution is 7.92. The fourth-order valence-corrected chi connectivity index (χ4v) is 8.79. The number of rotatable bonds is 5. The second-order valence-electron chi connectivity index (χ2n) is 7.86. The van der Waals surface area contributed by atoms with Crippen molar-refractivity contribution in [3.63, 3.8) is 0 Å². The molecule has 0 amide bonds. The van der Waals surface area contributed by atoms with Gasteiger partial charge in [-0.05, 0) is 24.7 Å². The Morgan fingerprint density at radius 2 is 1.83 bits per heavy atom. The number of methoxy groups -OCH3 is 1. The lowest BCUT2D eigenvalue weighted by atomic mass is 10.0. The van der Waals surface area contributed by atoms with Gasteiger partial charge in [0.05, 0.1) is 15.2 Å². The van der Waals surface area contributed by atoms with E-state index in [9.17, 15) is 13.2 Å². The fourth-order valence-electron chi connectivity index (χ4n) is 4.14. The van der Waals surface area contributed by atoms with Crippen LogP contribution in [0.5, 0.6) is 0 Å². The van der Waals surface area contributed by atoms with Gasteiger partial charge in [-0.3, -0.25) is 4.79 Å². The third-order valence-corrected chi connectivity index (χ3v) is 11.0. The molecule has 1 saturated carbocycles. The SMILES string of the molecule is COC(=O)[C@]1(S(C)(=O)=O)C[C@@H](C[Si](C)(C)c2ccccc2)[C@H](C)C1. The summed E-state index contributed by atoms with van der Waals surface area (Å²) in [6, 6.07) is 11.4. The molecule has 6 heteroatoms. The minimum absolute atomic E-state index is 0.189. The van der Waals surface area contributed by atoms with Crippen LogP contribution in [-0.2, 0) is 19.4 Å². The van der Waals surface area contributed by atoms with Crippen LogP contribution in [-0.4, -0.2) is 40.6 Å². The molecule has 0 N–H and O–H groups in total. The van der Waals surface area contributed by atoms with Crippen molar-refractivity contribution >= 4 is 29.1 Å². The van der Waals surface area contributed by atoms with Gasteiger partial charge in [0.2, 0.25) is 0 Å². The lowest BCUT2D eigenvalue weighted by Gasteiger charge is -2.29. The Morgan fingerprint density at radius 1 is 1.25 bits per heavy atom. The van der Waals surface area contributed by atoms with E-state index in [-0.39, 0.29) is 11.8 Å². The Balaban J connectivity index is 2.29. The predicted molar refractivity (Wildman–Crippen MR) is 99.8 cm³/mol. The molecular formula is C18H28O4SSi. The molecule has 0 aromatic heterocycles. The maximum absolute atomic E-state index is 12.4. The van der Waals surface area contributed by atoms with Gasteiger partial charge in [0.15, 0.2) is 14.6 Å². The van der Waals surface area contributed by atoms with Gasteiger partial charge in [-0.1, -0.05) is 61.6 Å². The minimum atomic E-state index is -3.52. The van der Waals surface area contributed by atoms with Crippen LogP contribution in [0.15, 0.2) is 30.3 Å². The third-order valence-electron chi connectivity index (χ3n) is 5.64. The second kappa shape index (κ2) is 6.63. The van der Waals surface area contributed by atoms with Gasteiger partial charge in [-0.25, -0.2) is 8.42 Å². The number of esters is 1. The zero-order chi connectivity index (χ0) is 18.2. The molecule has 2 rings (SSSR count). The molecule has 0 aliphatic heterocycles. The highest BCUT2D eigenvalue weighted by Gasteiger charge is 2.57. The number of carbonyl (C=O) groups excluding carboxylic acids is 1. The summed E-state index contributed by atoms with van der Waals surface area (Å²) in [6.45, 7) is 6.69. The first-order valence-corrected chi connectivity index (χ1v) is 13.5. The minimum Gasteiger partial charge on any atom is -0.468 e. The van der Waals surface area contributed by atoms with Gasteiger partial charge in [-0.15, -0.1) is 0 Å². The van der Waals surface area contributed by atoms with E-state index in [1.54, 1.807) is 0 Å². The fraction of sp³-hybridized carbons (Fsp3) is 0.611. The van der Waals surface area contributed by atoms with Gasteiger partial charge in [0.25, 0.3) is 0 Å². The molecule has 0 unspecified atom stereocenters. The molecule has 0 saturated heterocycles. The van der Waals surface area contributed by atoms with E-state index in [1.165, 1.54) is 18.6 Å². The first-order chi connectivity index (χ1) is 11.0. The number of ether oxygens (including phenoxy) is 1. The number of benzene rings is 1. The molecule has 4 nitrogen and oxygen atoms in total. The molecule has 0 heterocycles. The molecule has 1 aliphatic carbocycles. The van der Waals surface area contributed by atoms with E-state index in [1.807, 2.05) is 6.07 Å². The molecule has 0 bridgehead atoms. The van der Waals surface area contributed by atoms with Crippen LogP contribution >= 0.6 is 0 Å². The Hall–Kier alpha value is -1.14. The lowest BCUT2D eigenvalue weighted by Crippen LogP contribution is -2.46. The van der Waals surface area contributed by atoms with Crippen molar-refractivity contribution in [3.05, 3.63) is 30.3 Å². The van der Waals surface area contributed by atoms with Crippen LogP contribution in [0, 0.1) is 11.8 Å². The molecule has 0 radical (unpaired) electrons. The maximum Gasteiger partial charge on any atom is 0.327 e. The number of carbonyl (C=O) groups is 1. The molecule has 1 aromatic carbocycles. The number of hydrogen-bond acceptors (Lipinski definition) is 4. The van der Waals surface area contributed by atoms with E-state index in [2.05, 4.69) is 44.3 Å². The summed E-state index contributed by atoms with van der Waals surface area (Å²) in [5.41, 5.74) is 0. The summed E-state index contributed by atoms with van der Waals surface area (Å²) in [7, 11) is -3.95. The van der Waals surface area contributed by atoms with Crippen LogP contribution in [0.1, 0.15) is 19.8 Å². The Labute approximate surface area is 146 Å². The molecule has 1 aliphatic rings. The van der Waals surface area contributed by atoms with Gasteiger partial charge in [-0.2, -0.15) is 0 Å². The van der Waals surface area contributed by atoms with Crippen molar-refractivity contribution in [2.24, 2.45) is 11.8 Å². The standard InChI is InChI=1S/C18H28O4SSi/c1-14-11-18(17(19)22-2,23(3,20)21)12-15(14)13-24(4,5)16-9-7-6-8-10-16/h6-10,14-15H,11-13H2,1-5H3/t14-,15+,18-/m1/s1. The monoisotopic (exact) mass is 368 g/mol. The first kappa shape index (κ1) is 19.2. The Morgan fingerprint density at radius 3 is 2.33 bits per heavy atom. The highest BCUT2D eigenvalue weighted by Crippen LogP contribution is 2.47. The van der Waals surface area contributed by atoms with Crippen molar-refractivity contribution in [2.45, 2.75) is 43.7 Å². The smallest absolute Gasteiger partial charge is 0.327 e. The van der Waals surface area contributed by atoms with Crippen LogP contribution in [0.4, 0.5) is 0 Å². The number of hydrogen-bond donors (Lipinski definition) is 0. The van der Waals surface area contributed by atoms with E-state index >= 15 is 0 Å². The quantitative estimate of drug-likeness (QED) is 0.592. The van der Waals surface area contributed by atoms with Gasteiger partial charge in [0.1, 0.15) is 0 Å². The summed E-state index contributed by atoms with van der Waals surface area (Å²) in [5, 5.41) is 1.37. The third kappa shape index (κ3) is 3.45. The molecule has 1 fully saturated rings. The summed E-state index contributed by atoms with van der Waals surface area (Å²) < 4.78 is 28.3. The average Bonchev–Trinajstić information content (AvgIpc) is 2.84. The van der Waals surface area contributed by atoms with Crippen molar-refractivity contribution in [1.29, 1.82) is 0 Å². The van der Waals surface area contributed by atoms with Gasteiger partial charge >= 0.3 is 5.97 Å². The summed E-state index contributed by atoms with van der Waals surface area (Å²) in [4.78, 5) is 12.3. The zero-order valence-corrected chi connectivity index (χ0v) is 17.0. The van der Waals surface area contributed by atoms with Crippen LogP contribution in [0.25, 0.3) is 0 Å². The highest BCUT2D eigenvalue weighted by atomic mass is 32.2. The van der Waals surface area contributed by atoms with Crippen LogP contribution < -0.4 is 5.19 Å². The van der Waals surface area contributed by atoms with E-state index in [4.69, 9.17) is 4.74 Å². The van der Waals surface area contributed by atoms with Crippen molar-refractivity contribution in [2.75, 3.05) is 13.4 Å². The van der Waals surface area contributed by atoms with E-state index in [0.717, 1.165) is 6.04 Å². The molecule has 0 spiro atoms. The second-order valence-corrected chi connectivity index (χ2v) is 14.9. The van der Waals surface area contributed by atoms with Crippen LogP contribution in [0.2, 0.25) is 19.1 Å². The average molecular weight is 369 g/mol. The van der Waals surface area contributed by atoms with Gasteiger partial charge in [0, 0.05) is 6.26 Å². The van der Waals surface area contributed by atoms with E-state index in [0.29, 0.717) is 12.8 Å². The largest absolute Gasteiger partial charge is 0.468 e. The summed E-state index contributed by atoms with van der Waals surface area (Å²) >= 11 is 0. The summed E-state index contributed by atoms with van der Waals surface area (Å²) in [5.74, 6) is -0.187. The van der Waals surface area contributed by atoms with Crippen LogP contribution in [0.3, 0.4) is 0 Å². The Bertz CT molecular complexity index is 699. The molecule has 1 aromatic rings. The van der Waals surface area contributed by atoms with Crippen molar-refractivity contribution in [3.8, 4) is 0 Å². The maximum atomic E-state index is 12.4. The molecule has 24 heavy (non-hydrogen) atoms. The zero-order valence-electron chi connectivity index (χ0n) is 15.2. The lowest BCUT2D eigenvalue weighted by molar-refractivity contribution is -0.143. The predicted octanol–water partition coefficient (Wildman–Crippen LogP) is 2.60. The van der Waals surface area contributed by atoms with Crippen molar-refractivity contribution < 1.29 is 17.9 Å². The summed E-state index contributed by atoms with van der Waals surface area (Å²) in [6.07, 6.45) is 1.91. The Kier molecular flexibility index (Phi) is 5.30. The van der Waals surface area contributed by atoms with E-state index < -0.39 is 28.6 Å². The normalized spacial score (nSPS) is 27.9. The number of sulfone groups is 1. The molecule has 3 atom stereocenters.